The Morgan fingerprint density at radius 1 is 1.29 bits per heavy atom. The molecule has 2 N–H and O–H groups in total. The van der Waals surface area contributed by atoms with Crippen LogP contribution in [0.5, 0.6) is 5.75 Å². The van der Waals surface area contributed by atoms with Crippen molar-refractivity contribution >= 4 is 0 Å². The molecule has 0 bridgehead atoms. The van der Waals surface area contributed by atoms with E-state index >= 15 is 0 Å². The molecule has 1 aromatic carbocycles. The topological polar surface area (TPSA) is 35.2 Å². The average Bonchev–Trinajstić information content (AvgIpc) is 2.14. The number of nitrogens with two attached hydrogens (primary N) is 1. The predicted octanol–water partition coefficient (Wildman–Crippen LogP) is 2.00. The van der Waals surface area contributed by atoms with Gasteiger partial charge in [0.2, 0.25) is 0 Å². The molecule has 0 fully saturated rings. The number of hydrogen-bond acceptors (Lipinski definition) is 2. The maximum atomic E-state index is 13.1. The van der Waals surface area contributed by atoms with Crippen molar-refractivity contribution in [1.82, 2.24) is 0 Å². The molecule has 1 rings (SSSR count). The fourth-order valence-electron chi connectivity index (χ4n) is 1.00. The lowest BCUT2D eigenvalue weighted by molar-refractivity contribution is 0.295. The molecule has 0 radical (unpaired) electrons. The summed E-state index contributed by atoms with van der Waals surface area (Å²) in [6, 6.07) is 2.17. The molecular weight excluding hydrogens is 188 g/mol. The Hall–Kier alpha value is -1.16. The van der Waals surface area contributed by atoms with Crippen LogP contribution in [0.3, 0.4) is 0 Å². The van der Waals surface area contributed by atoms with Gasteiger partial charge in [0, 0.05) is 6.07 Å². The summed E-state index contributed by atoms with van der Waals surface area (Å²) in [7, 11) is 0. The molecule has 0 aliphatic heterocycles. The molecule has 14 heavy (non-hydrogen) atoms. The average molecular weight is 201 g/mol. The van der Waals surface area contributed by atoms with Crippen molar-refractivity contribution in [1.29, 1.82) is 0 Å². The highest BCUT2D eigenvalue weighted by molar-refractivity contribution is 5.30. The number of hydrogen-bond donors (Lipinski definition) is 1. The Morgan fingerprint density at radius 2 is 2.00 bits per heavy atom. The number of halogens is 2. The molecule has 1 aromatic rings. The van der Waals surface area contributed by atoms with E-state index in [0.29, 0.717) is 19.6 Å². The molecule has 0 aliphatic carbocycles. The summed E-state index contributed by atoms with van der Waals surface area (Å²) < 4.78 is 31.1. The van der Waals surface area contributed by atoms with Crippen LogP contribution >= 0.6 is 0 Å². The number of aryl methyl sites for hydroxylation is 1. The maximum absolute atomic E-state index is 13.1. The Balaban J connectivity index is 2.72. The van der Waals surface area contributed by atoms with Crippen LogP contribution in [0.2, 0.25) is 0 Å². The fraction of sp³-hybridized carbons (Fsp3) is 0.400. The van der Waals surface area contributed by atoms with Crippen LogP contribution < -0.4 is 10.5 Å². The van der Waals surface area contributed by atoms with Crippen LogP contribution in [-0.2, 0) is 0 Å². The molecule has 0 saturated carbocycles. The third-order valence-corrected chi connectivity index (χ3v) is 1.82. The summed E-state index contributed by atoms with van der Waals surface area (Å²) in [6.45, 7) is 2.27. The summed E-state index contributed by atoms with van der Waals surface area (Å²) in [4.78, 5) is 0. The molecule has 0 heterocycles. The van der Waals surface area contributed by atoms with Gasteiger partial charge in [-0.2, -0.15) is 0 Å². The van der Waals surface area contributed by atoms with Crippen LogP contribution in [0.15, 0.2) is 12.1 Å². The summed E-state index contributed by atoms with van der Waals surface area (Å²) in [5.74, 6) is -1.06. The van der Waals surface area contributed by atoms with Crippen molar-refractivity contribution in [2.75, 3.05) is 13.2 Å². The molecule has 0 unspecified atom stereocenters. The molecule has 0 saturated heterocycles. The van der Waals surface area contributed by atoms with E-state index in [4.69, 9.17) is 10.5 Å². The Bertz CT molecular complexity index is 315. The Labute approximate surface area is 81.7 Å². The summed E-state index contributed by atoms with van der Waals surface area (Å²) in [5, 5.41) is 0. The van der Waals surface area contributed by atoms with Gasteiger partial charge in [0.15, 0.2) is 11.6 Å². The molecule has 78 valence electrons. The van der Waals surface area contributed by atoms with Crippen molar-refractivity contribution in [2.24, 2.45) is 5.73 Å². The second kappa shape index (κ2) is 4.91. The number of benzene rings is 1. The van der Waals surface area contributed by atoms with Crippen LogP contribution in [0, 0.1) is 18.6 Å². The number of rotatable bonds is 4. The van der Waals surface area contributed by atoms with E-state index in [1.165, 1.54) is 6.92 Å². The van der Waals surface area contributed by atoms with Crippen molar-refractivity contribution in [3.63, 3.8) is 0 Å². The Kier molecular flexibility index (Phi) is 3.83. The monoisotopic (exact) mass is 201 g/mol. The SMILES string of the molecule is Cc1cc(F)c(OCCCN)cc1F. The van der Waals surface area contributed by atoms with Gasteiger partial charge in [-0.25, -0.2) is 8.78 Å². The van der Waals surface area contributed by atoms with E-state index in [0.717, 1.165) is 12.1 Å². The fourth-order valence-corrected chi connectivity index (χ4v) is 1.00. The highest BCUT2D eigenvalue weighted by atomic mass is 19.1. The maximum Gasteiger partial charge on any atom is 0.165 e. The predicted molar refractivity (Wildman–Crippen MR) is 50.3 cm³/mol. The standard InChI is InChI=1S/C10H13F2NO/c1-7-5-9(12)10(6-8(7)11)14-4-2-3-13/h5-6H,2-4,13H2,1H3. The smallest absolute Gasteiger partial charge is 0.165 e. The molecule has 0 spiro atoms. The minimum Gasteiger partial charge on any atom is -0.490 e. The molecule has 0 amide bonds. The van der Waals surface area contributed by atoms with E-state index in [-0.39, 0.29) is 11.3 Å². The van der Waals surface area contributed by atoms with E-state index in [1.54, 1.807) is 0 Å². The van der Waals surface area contributed by atoms with E-state index in [1.807, 2.05) is 0 Å². The molecule has 0 aliphatic rings. The first-order valence-electron chi connectivity index (χ1n) is 4.43. The highest BCUT2D eigenvalue weighted by Crippen LogP contribution is 2.20. The first-order chi connectivity index (χ1) is 6.65. The molecular formula is C10H13F2NO. The van der Waals surface area contributed by atoms with Crippen LogP contribution in [0.25, 0.3) is 0 Å². The third kappa shape index (κ3) is 2.67. The van der Waals surface area contributed by atoms with Gasteiger partial charge in [0.05, 0.1) is 6.61 Å². The largest absolute Gasteiger partial charge is 0.490 e. The molecule has 0 aromatic heterocycles. The van der Waals surface area contributed by atoms with Gasteiger partial charge in [-0.1, -0.05) is 0 Å². The normalized spacial score (nSPS) is 10.3. The van der Waals surface area contributed by atoms with Gasteiger partial charge in [0.25, 0.3) is 0 Å². The van der Waals surface area contributed by atoms with E-state index < -0.39 is 11.6 Å². The second-order valence-corrected chi connectivity index (χ2v) is 3.02. The van der Waals surface area contributed by atoms with Crippen molar-refractivity contribution < 1.29 is 13.5 Å². The molecule has 4 heteroatoms. The van der Waals surface area contributed by atoms with E-state index in [2.05, 4.69) is 0 Å². The zero-order valence-corrected chi connectivity index (χ0v) is 8.02. The summed E-state index contributed by atoms with van der Waals surface area (Å²) >= 11 is 0. The summed E-state index contributed by atoms with van der Waals surface area (Å²) in [6.07, 6.45) is 0.620. The quantitative estimate of drug-likeness (QED) is 0.756. The van der Waals surface area contributed by atoms with Crippen molar-refractivity contribution in [2.45, 2.75) is 13.3 Å². The summed E-state index contributed by atoms with van der Waals surface area (Å²) in [5.41, 5.74) is 5.51. The van der Waals surface area contributed by atoms with Crippen LogP contribution in [-0.4, -0.2) is 13.2 Å². The number of ether oxygens (including phenoxy) is 1. The Morgan fingerprint density at radius 3 is 2.64 bits per heavy atom. The minimum absolute atomic E-state index is 0.0541. The zero-order chi connectivity index (χ0) is 10.6. The van der Waals surface area contributed by atoms with Crippen molar-refractivity contribution in [3.8, 4) is 5.75 Å². The van der Waals surface area contributed by atoms with Gasteiger partial charge < -0.3 is 10.5 Å². The van der Waals surface area contributed by atoms with Gasteiger partial charge in [-0.05, 0) is 31.5 Å². The van der Waals surface area contributed by atoms with Crippen LogP contribution in [0.4, 0.5) is 8.78 Å². The second-order valence-electron chi connectivity index (χ2n) is 3.02. The third-order valence-electron chi connectivity index (χ3n) is 1.82. The molecule has 0 atom stereocenters. The lowest BCUT2D eigenvalue weighted by Crippen LogP contribution is -2.07. The van der Waals surface area contributed by atoms with Gasteiger partial charge in [0.1, 0.15) is 5.82 Å². The van der Waals surface area contributed by atoms with Gasteiger partial charge in [-0.15, -0.1) is 0 Å². The highest BCUT2D eigenvalue weighted by Gasteiger charge is 2.07. The van der Waals surface area contributed by atoms with Gasteiger partial charge in [-0.3, -0.25) is 0 Å². The lowest BCUT2D eigenvalue weighted by Gasteiger charge is -2.07. The van der Waals surface area contributed by atoms with Crippen LogP contribution in [0.1, 0.15) is 12.0 Å². The first kappa shape index (κ1) is 10.9. The zero-order valence-electron chi connectivity index (χ0n) is 8.02. The van der Waals surface area contributed by atoms with E-state index in [9.17, 15) is 8.78 Å². The van der Waals surface area contributed by atoms with Crippen molar-refractivity contribution in [3.05, 3.63) is 29.3 Å². The van der Waals surface area contributed by atoms with Gasteiger partial charge >= 0.3 is 0 Å². The minimum atomic E-state index is -0.541. The lowest BCUT2D eigenvalue weighted by atomic mass is 10.2. The first-order valence-corrected chi connectivity index (χ1v) is 4.43. The molecule has 2 nitrogen and oxygen atoms in total.